The molecular formula is C12H12N2O3S. The summed E-state index contributed by atoms with van der Waals surface area (Å²) in [5.41, 5.74) is 0.756. The molecule has 1 amide bonds. The van der Waals surface area contributed by atoms with Crippen LogP contribution in [0.2, 0.25) is 0 Å². The summed E-state index contributed by atoms with van der Waals surface area (Å²) < 4.78 is 5.27. The largest absolute Gasteiger partial charge is 0.462 e. The molecular weight excluding hydrogens is 252 g/mol. The van der Waals surface area contributed by atoms with E-state index in [1.54, 1.807) is 6.26 Å². The third-order valence-electron chi connectivity index (χ3n) is 2.65. The molecule has 1 saturated heterocycles. The smallest absolute Gasteiger partial charge is 0.252 e. The molecule has 0 bridgehead atoms. The normalized spacial score (nSPS) is 15.2. The molecule has 2 aromatic rings. The Morgan fingerprint density at radius 3 is 3.22 bits per heavy atom. The number of furan rings is 1. The highest BCUT2D eigenvalue weighted by Crippen LogP contribution is 2.24. The second-order valence-electron chi connectivity index (χ2n) is 3.98. The maximum Gasteiger partial charge on any atom is 0.252 e. The Kier molecular flexibility index (Phi) is 3.12. The van der Waals surface area contributed by atoms with Crippen molar-refractivity contribution in [2.24, 2.45) is 0 Å². The summed E-state index contributed by atoms with van der Waals surface area (Å²) in [7, 11) is 0. The molecule has 0 saturated carbocycles. The van der Waals surface area contributed by atoms with Gasteiger partial charge < -0.3 is 4.42 Å². The van der Waals surface area contributed by atoms with Gasteiger partial charge in [0.1, 0.15) is 0 Å². The van der Waals surface area contributed by atoms with Crippen LogP contribution in [0.15, 0.2) is 28.2 Å². The second-order valence-corrected chi connectivity index (χ2v) is 4.84. The van der Waals surface area contributed by atoms with E-state index in [2.05, 4.69) is 4.98 Å². The molecule has 0 aliphatic carbocycles. The van der Waals surface area contributed by atoms with E-state index in [0.717, 1.165) is 22.9 Å². The summed E-state index contributed by atoms with van der Waals surface area (Å²) in [4.78, 5) is 21.4. The van der Waals surface area contributed by atoms with Gasteiger partial charge in [0.05, 0.1) is 31.5 Å². The Balaban J connectivity index is 1.68. The van der Waals surface area contributed by atoms with E-state index in [4.69, 9.17) is 9.25 Å². The first-order valence-corrected chi connectivity index (χ1v) is 6.62. The van der Waals surface area contributed by atoms with Crippen LogP contribution in [0.5, 0.6) is 0 Å². The molecule has 0 unspecified atom stereocenters. The van der Waals surface area contributed by atoms with Crippen LogP contribution in [0.3, 0.4) is 0 Å². The van der Waals surface area contributed by atoms with Crippen LogP contribution < -0.4 is 0 Å². The minimum Gasteiger partial charge on any atom is -0.462 e. The van der Waals surface area contributed by atoms with E-state index in [1.807, 2.05) is 17.5 Å². The Morgan fingerprint density at radius 2 is 2.50 bits per heavy atom. The quantitative estimate of drug-likeness (QED) is 0.852. The molecule has 0 aromatic carbocycles. The number of amides is 1. The summed E-state index contributed by atoms with van der Waals surface area (Å²) in [6, 6.07) is 3.67. The molecule has 3 rings (SSSR count). The Labute approximate surface area is 108 Å². The van der Waals surface area contributed by atoms with Crippen molar-refractivity contribution in [2.45, 2.75) is 12.8 Å². The average molecular weight is 264 g/mol. The maximum atomic E-state index is 11.9. The zero-order valence-corrected chi connectivity index (χ0v) is 10.5. The number of hydrogen-bond donors (Lipinski definition) is 0. The number of rotatable bonds is 3. The molecule has 94 valence electrons. The third kappa shape index (κ3) is 2.30. The first kappa shape index (κ1) is 11.4. The molecule has 0 radical (unpaired) electrons. The molecule has 0 N–H and O–H groups in total. The Bertz CT molecular complexity index is 529. The highest BCUT2D eigenvalue weighted by atomic mass is 32.1. The molecule has 18 heavy (non-hydrogen) atoms. The van der Waals surface area contributed by atoms with Crippen molar-refractivity contribution in [3.05, 3.63) is 29.5 Å². The predicted octanol–water partition coefficient (Wildman–Crippen LogP) is 2.11. The summed E-state index contributed by atoms with van der Waals surface area (Å²) in [5.74, 6) is 0.694. The van der Waals surface area contributed by atoms with E-state index in [9.17, 15) is 4.79 Å². The van der Waals surface area contributed by atoms with Gasteiger partial charge in [0.25, 0.3) is 5.91 Å². The lowest BCUT2D eigenvalue weighted by Crippen LogP contribution is -2.28. The van der Waals surface area contributed by atoms with Gasteiger partial charge in [0, 0.05) is 5.38 Å². The zero-order valence-electron chi connectivity index (χ0n) is 9.67. The van der Waals surface area contributed by atoms with E-state index in [0.29, 0.717) is 13.2 Å². The number of thiazole rings is 1. The molecule has 5 nitrogen and oxygen atoms in total. The maximum absolute atomic E-state index is 11.9. The molecule has 3 heterocycles. The van der Waals surface area contributed by atoms with Gasteiger partial charge in [-0.15, -0.1) is 11.3 Å². The third-order valence-corrected chi connectivity index (χ3v) is 3.55. The number of hydroxylamine groups is 2. The zero-order chi connectivity index (χ0) is 12.4. The van der Waals surface area contributed by atoms with Crippen LogP contribution in [0, 0.1) is 0 Å². The van der Waals surface area contributed by atoms with Crippen LogP contribution in [-0.2, 0) is 16.1 Å². The van der Waals surface area contributed by atoms with Gasteiger partial charge in [-0.1, -0.05) is 0 Å². The van der Waals surface area contributed by atoms with Crippen LogP contribution in [0.25, 0.3) is 10.8 Å². The van der Waals surface area contributed by atoms with E-state index in [1.165, 1.54) is 16.4 Å². The molecule has 1 aliphatic heterocycles. The van der Waals surface area contributed by atoms with Crippen LogP contribution in [0.1, 0.15) is 12.1 Å². The fourth-order valence-corrected chi connectivity index (χ4v) is 2.57. The van der Waals surface area contributed by atoms with Crippen molar-refractivity contribution < 1.29 is 14.0 Å². The van der Waals surface area contributed by atoms with Crippen molar-refractivity contribution in [3.63, 3.8) is 0 Å². The first-order valence-electron chi connectivity index (χ1n) is 5.74. The Hall–Kier alpha value is -1.66. The monoisotopic (exact) mass is 264 g/mol. The van der Waals surface area contributed by atoms with Gasteiger partial charge in [-0.3, -0.25) is 9.63 Å². The summed E-state index contributed by atoms with van der Waals surface area (Å²) in [6.07, 6.45) is 2.79. The fourth-order valence-electron chi connectivity index (χ4n) is 1.79. The van der Waals surface area contributed by atoms with Crippen molar-refractivity contribution in [3.8, 4) is 10.8 Å². The van der Waals surface area contributed by atoms with Gasteiger partial charge in [0.15, 0.2) is 10.8 Å². The van der Waals surface area contributed by atoms with Crippen molar-refractivity contribution >= 4 is 17.2 Å². The number of hydrogen-bond acceptors (Lipinski definition) is 5. The standard InChI is InChI=1S/C12H12N2O3S/c15-11(14-4-2-6-17-14)7-9-8-18-12(13-9)10-3-1-5-16-10/h1,3,5,8H,2,4,6-7H2. The average Bonchev–Trinajstić information content (AvgIpc) is 3.12. The Morgan fingerprint density at radius 1 is 1.56 bits per heavy atom. The molecule has 0 spiro atoms. The molecule has 0 atom stereocenters. The van der Waals surface area contributed by atoms with Crippen molar-refractivity contribution in [2.75, 3.05) is 13.2 Å². The van der Waals surface area contributed by atoms with Gasteiger partial charge >= 0.3 is 0 Å². The van der Waals surface area contributed by atoms with Gasteiger partial charge in [-0.2, -0.15) is 0 Å². The number of carbonyl (C=O) groups excluding carboxylic acids is 1. The molecule has 1 fully saturated rings. The molecule has 2 aromatic heterocycles. The van der Waals surface area contributed by atoms with Crippen LogP contribution >= 0.6 is 11.3 Å². The lowest BCUT2D eigenvalue weighted by Gasteiger charge is -2.12. The number of carbonyl (C=O) groups is 1. The second kappa shape index (κ2) is 4.91. The summed E-state index contributed by atoms with van der Waals surface area (Å²) in [6.45, 7) is 1.30. The fraction of sp³-hybridized carbons (Fsp3) is 0.333. The van der Waals surface area contributed by atoms with E-state index in [-0.39, 0.29) is 12.3 Å². The summed E-state index contributed by atoms with van der Waals surface area (Å²) in [5, 5.41) is 4.10. The number of aromatic nitrogens is 1. The van der Waals surface area contributed by atoms with E-state index >= 15 is 0 Å². The minimum absolute atomic E-state index is 0.0382. The first-order chi connectivity index (χ1) is 8.83. The highest BCUT2D eigenvalue weighted by molar-refractivity contribution is 7.13. The topological polar surface area (TPSA) is 55.6 Å². The van der Waals surface area contributed by atoms with Crippen LogP contribution in [0.4, 0.5) is 0 Å². The van der Waals surface area contributed by atoms with Crippen molar-refractivity contribution in [1.82, 2.24) is 10.0 Å². The van der Waals surface area contributed by atoms with Gasteiger partial charge in [-0.05, 0) is 18.6 Å². The molecule has 6 heteroatoms. The van der Waals surface area contributed by atoms with E-state index < -0.39 is 0 Å². The lowest BCUT2D eigenvalue weighted by atomic mass is 10.3. The lowest BCUT2D eigenvalue weighted by molar-refractivity contribution is -0.167. The predicted molar refractivity (Wildman–Crippen MR) is 65.8 cm³/mol. The minimum atomic E-state index is -0.0382. The SMILES string of the molecule is O=C(Cc1csc(-c2ccco2)n1)N1CCCO1. The highest BCUT2D eigenvalue weighted by Gasteiger charge is 2.20. The van der Waals surface area contributed by atoms with Crippen molar-refractivity contribution in [1.29, 1.82) is 0 Å². The number of nitrogens with zero attached hydrogens (tertiary/aromatic N) is 2. The van der Waals surface area contributed by atoms with Gasteiger partial charge in [0.2, 0.25) is 0 Å². The summed E-state index contributed by atoms with van der Waals surface area (Å²) >= 11 is 1.48. The molecule has 1 aliphatic rings. The van der Waals surface area contributed by atoms with Crippen LogP contribution in [-0.4, -0.2) is 29.1 Å². The van der Waals surface area contributed by atoms with Gasteiger partial charge in [-0.25, -0.2) is 10.0 Å².